The number of nitrogens with zero attached hydrogens (tertiary/aromatic N) is 1. The second kappa shape index (κ2) is 6.53. The van der Waals surface area contributed by atoms with Crippen molar-refractivity contribution in [1.82, 2.24) is 4.90 Å². The number of nitrogens with two attached hydrogens (primary N) is 2. The number of carboxylic acids is 1. The summed E-state index contributed by atoms with van der Waals surface area (Å²) in [5.74, 6) is -1.72. The van der Waals surface area contributed by atoms with Crippen molar-refractivity contribution in [3.05, 3.63) is 0 Å². The van der Waals surface area contributed by atoms with Gasteiger partial charge in [-0.3, -0.25) is 9.59 Å². The lowest BCUT2D eigenvalue weighted by Crippen LogP contribution is -2.64. The first kappa shape index (κ1) is 16.9. The van der Waals surface area contributed by atoms with Gasteiger partial charge in [-0.2, -0.15) is 0 Å². The summed E-state index contributed by atoms with van der Waals surface area (Å²) in [4.78, 5) is 24.6. The minimum atomic E-state index is -1.52. The minimum Gasteiger partial charge on any atom is -0.480 e. The number of carboxylic acid groups (broad SMARTS) is 1. The Morgan fingerprint density at radius 2 is 2.10 bits per heavy atom. The Morgan fingerprint density at radius 1 is 1.50 bits per heavy atom. The summed E-state index contributed by atoms with van der Waals surface area (Å²) in [5, 5.41) is 27.0. The molecule has 1 aliphatic rings. The predicted octanol–water partition coefficient (Wildman–Crippen LogP) is -2.17. The topological polar surface area (TPSA) is 150 Å². The minimum absolute atomic E-state index is 0.0825. The van der Waals surface area contributed by atoms with Crippen LogP contribution in [0.3, 0.4) is 0 Å². The lowest BCUT2D eigenvalue weighted by atomic mass is 9.75. The van der Waals surface area contributed by atoms with Crippen LogP contribution in [-0.2, 0) is 9.59 Å². The van der Waals surface area contributed by atoms with E-state index in [1.165, 1.54) is 11.8 Å². The average molecular weight is 287 g/mol. The van der Waals surface area contributed by atoms with Crippen molar-refractivity contribution in [1.29, 1.82) is 0 Å². The summed E-state index contributed by atoms with van der Waals surface area (Å²) in [7, 11) is -1.45. The molecule has 7 N–H and O–H groups in total. The van der Waals surface area contributed by atoms with Gasteiger partial charge in [0.05, 0.1) is 6.04 Å². The third kappa shape index (κ3) is 4.17. The molecule has 0 saturated carbocycles. The van der Waals surface area contributed by atoms with E-state index in [1.807, 2.05) is 0 Å². The zero-order valence-corrected chi connectivity index (χ0v) is 11.5. The molecule has 0 aromatic rings. The van der Waals surface area contributed by atoms with Crippen LogP contribution >= 0.6 is 0 Å². The first-order valence-electron chi connectivity index (χ1n) is 6.58. The molecule has 0 aromatic carbocycles. The van der Waals surface area contributed by atoms with Crippen molar-refractivity contribution in [2.24, 2.45) is 17.4 Å². The Bertz CT molecular complexity index is 379. The molecule has 0 aromatic heterocycles. The maximum atomic E-state index is 11.9. The number of likely N-dealkylation sites (tertiary alicyclic amines) is 1. The second-order valence-corrected chi connectivity index (χ2v) is 5.60. The molecule has 1 amide bonds. The molecule has 1 heterocycles. The number of piperidine rings is 1. The molecule has 1 rings (SSSR count). The van der Waals surface area contributed by atoms with Crippen molar-refractivity contribution in [3.63, 3.8) is 0 Å². The van der Waals surface area contributed by atoms with Gasteiger partial charge in [-0.15, -0.1) is 0 Å². The van der Waals surface area contributed by atoms with E-state index in [9.17, 15) is 14.7 Å². The molecule has 20 heavy (non-hydrogen) atoms. The zero-order chi connectivity index (χ0) is 15.5. The Kier molecular flexibility index (Phi) is 5.52. The van der Waals surface area contributed by atoms with Crippen LogP contribution in [0.5, 0.6) is 0 Å². The molecule has 1 fully saturated rings. The predicted molar refractivity (Wildman–Crippen MR) is 72.5 cm³/mol. The van der Waals surface area contributed by atoms with Crippen molar-refractivity contribution in [3.8, 4) is 0 Å². The summed E-state index contributed by atoms with van der Waals surface area (Å²) < 4.78 is 0. The number of rotatable bonds is 5. The van der Waals surface area contributed by atoms with Gasteiger partial charge in [-0.25, -0.2) is 0 Å². The summed E-state index contributed by atoms with van der Waals surface area (Å²) in [5.41, 5.74) is 9.89. The lowest BCUT2D eigenvalue weighted by Gasteiger charge is -2.42. The first-order valence-corrected chi connectivity index (χ1v) is 6.58. The largest absolute Gasteiger partial charge is 0.480 e. The Labute approximate surface area is 117 Å². The lowest BCUT2D eigenvalue weighted by molar-refractivity contribution is -0.149. The van der Waals surface area contributed by atoms with Crippen LogP contribution in [-0.4, -0.2) is 63.7 Å². The molecule has 0 aliphatic carbocycles. The summed E-state index contributed by atoms with van der Waals surface area (Å²) in [6.45, 7) is 1.78. The van der Waals surface area contributed by atoms with E-state index in [1.54, 1.807) is 0 Å². The third-order valence-electron chi connectivity index (χ3n) is 3.56. The van der Waals surface area contributed by atoms with Gasteiger partial charge in [0.15, 0.2) is 0 Å². The normalized spacial score (nSPS) is 28.1. The molecule has 8 nitrogen and oxygen atoms in total. The number of aliphatic carboxylic acids is 1. The molecular weight excluding hydrogens is 265 g/mol. The standard InChI is InChI=1S/C11H22BN3O5/c1-7(13)9(16)15-5-8(2-3-12(19)20)4-11(14,6-15)10(17)18/h7-8,19-20H,2-6,13-14H2,1H3,(H,17,18)/t7?,8-,11-/m0/s1. The fraction of sp³-hybridized carbons (Fsp3) is 0.818. The molecule has 114 valence electrons. The van der Waals surface area contributed by atoms with Crippen molar-refractivity contribution >= 4 is 19.0 Å². The van der Waals surface area contributed by atoms with Crippen LogP contribution in [0.1, 0.15) is 19.8 Å². The van der Waals surface area contributed by atoms with E-state index in [-0.39, 0.29) is 31.1 Å². The van der Waals surface area contributed by atoms with E-state index in [4.69, 9.17) is 21.5 Å². The van der Waals surface area contributed by atoms with E-state index in [0.717, 1.165) is 0 Å². The van der Waals surface area contributed by atoms with Gasteiger partial charge in [0.1, 0.15) is 5.54 Å². The maximum Gasteiger partial charge on any atom is 0.451 e. The molecule has 0 bridgehead atoms. The van der Waals surface area contributed by atoms with Crippen LogP contribution in [0.4, 0.5) is 0 Å². The van der Waals surface area contributed by atoms with Crippen LogP contribution in [0.15, 0.2) is 0 Å². The van der Waals surface area contributed by atoms with Crippen LogP contribution < -0.4 is 11.5 Å². The van der Waals surface area contributed by atoms with Gasteiger partial charge in [0.2, 0.25) is 5.91 Å². The van der Waals surface area contributed by atoms with Crippen LogP contribution in [0.2, 0.25) is 6.32 Å². The molecule has 0 spiro atoms. The molecule has 1 aliphatic heterocycles. The van der Waals surface area contributed by atoms with E-state index < -0.39 is 24.7 Å². The molecule has 1 unspecified atom stereocenters. The number of amides is 1. The van der Waals surface area contributed by atoms with Crippen molar-refractivity contribution in [2.45, 2.75) is 37.7 Å². The highest BCUT2D eigenvalue weighted by Gasteiger charge is 2.44. The molecule has 1 saturated heterocycles. The zero-order valence-electron chi connectivity index (χ0n) is 11.5. The number of carbonyl (C=O) groups is 2. The van der Waals surface area contributed by atoms with Crippen molar-refractivity contribution < 1.29 is 24.7 Å². The van der Waals surface area contributed by atoms with Gasteiger partial charge in [0, 0.05) is 13.1 Å². The highest BCUT2D eigenvalue weighted by atomic mass is 16.4. The van der Waals surface area contributed by atoms with Crippen molar-refractivity contribution in [2.75, 3.05) is 13.1 Å². The molecule has 3 atom stereocenters. The number of hydrogen-bond acceptors (Lipinski definition) is 6. The quantitative estimate of drug-likeness (QED) is 0.361. The van der Waals surface area contributed by atoms with Crippen LogP contribution in [0.25, 0.3) is 0 Å². The SMILES string of the molecule is CC(N)C(=O)N1C[C@@H](CCB(O)O)C[C@@](N)(C(=O)O)C1. The van der Waals surface area contributed by atoms with E-state index in [0.29, 0.717) is 13.0 Å². The number of hydrogen-bond donors (Lipinski definition) is 5. The van der Waals surface area contributed by atoms with Gasteiger partial charge in [0.25, 0.3) is 0 Å². The first-order chi connectivity index (χ1) is 9.15. The summed E-state index contributed by atoms with van der Waals surface area (Å²) in [6.07, 6.45) is 0.686. The third-order valence-corrected chi connectivity index (χ3v) is 3.56. The second-order valence-electron chi connectivity index (χ2n) is 5.60. The monoisotopic (exact) mass is 287 g/mol. The van der Waals surface area contributed by atoms with Gasteiger partial charge >= 0.3 is 13.1 Å². The van der Waals surface area contributed by atoms with Gasteiger partial charge in [-0.1, -0.05) is 6.42 Å². The number of carbonyl (C=O) groups excluding carboxylic acids is 1. The van der Waals surface area contributed by atoms with Gasteiger partial charge < -0.3 is 31.5 Å². The highest BCUT2D eigenvalue weighted by molar-refractivity contribution is 6.40. The fourth-order valence-electron chi connectivity index (χ4n) is 2.55. The summed E-state index contributed by atoms with van der Waals surface area (Å²) in [6, 6.07) is -0.727. The van der Waals surface area contributed by atoms with Crippen LogP contribution in [0, 0.1) is 5.92 Å². The van der Waals surface area contributed by atoms with Gasteiger partial charge in [-0.05, 0) is 25.6 Å². The molecular formula is C11H22BN3O5. The highest BCUT2D eigenvalue weighted by Crippen LogP contribution is 2.28. The Hall–Kier alpha value is -1.16. The molecule has 9 heteroatoms. The van der Waals surface area contributed by atoms with E-state index >= 15 is 0 Å². The maximum absolute atomic E-state index is 11.9. The average Bonchev–Trinajstić information content (AvgIpc) is 2.34. The summed E-state index contributed by atoms with van der Waals surface area (Å²) >= 11 is 0. The smallest absolute Gasteiger partial charge is 0.451 e. The Morgan fingerprint density at radius 3 is 2.55 bits per heavy atom. The Balaban J connectivity index is 2.83. The van der Waals surface area contributed by atoms with E-state index in [2.05, 4.69) is 0 Å². The fourth-order valence-corrected chi connectivity index (χ4v) is 2.55. The molecule has 0 radical (unpaired) electrons.